The van der Waals surface area contributed by atoms with Crippen LogP contribution in [-0.2, 0) is 0 Å². The van der Waals surface area contributed by atoms with Gasteiger partial charge in [-0.25, -0.2) is 4.98 Å². The fourth-order valence-corrected chi connectivity index (χ4v) is 2.83. The van der Waals surface area contributed by atoms with Crippen molar-refractivity contribution in [3.63, 3.8) is 0 Å². The summed E-state index contributed by atoms with van der Waals surface area (Å²) < 4.78 is 4.43. The Morgan fingerprint density at radius 2 is 2.20 bits per heavy atom. The standard InChI is InChI=1S/C10H16N4S/c11-8-2-1-5-14(6-8)10-12-9(13-15-10)7-3-4-7/h7-8H,1-6,11H2/t8-/m1/s1. The van der Waals surface area contributed by atoms with Crippen LogP contribution in [0.2, 0.25) is 0 Å². The highest BCUT2D eigenvalue weighted by atomic mass is 32.1. The second-order valence-corrected chi connectivity index (χ2v) is 5.29. The molecular weight excluding hydrogens is 208 g/mol. The van der Waals surface area contributed by atoms with Crippen molar-refractivity contribution in [1.82, 2.24) is 9.36 Å². The maximum Gasteiger partial charge on any atom is 0.205 e. The third kappa shape index (κ3) is 1.99. The average Bonchev–Trinajstić information content (AvgIpc) is 2.97. The Balaban J connectivity index is 1.73. The van der Waals surface area contributed by atoms with E-state index in [-0.39, 0.29) is 0 Å². The van der Waals surface area contributed by atoms with Crippen molar-refractivity contribution in [2.24, 2.45) is 5.73 Å². The van der Waals surface area contributed by atoms with Crippen molar-refractivity contribution in [2.75, 3.05) is 18.0 Å². The van der Waals surface area contributed by atoms with Crippen molar-refractivity contribution >= 4 is 16.7 Å². The molecule has 1 aliphatic carbocycles. The predicted octanol–water partition coefficient (Wildman–Crippen LogP) is 1.34. The summed E-state index contributed by atoms with van der Waals surface area (Å²) in [5.41, 5.74) is 5.96. The van der Waals surface area contributed by atoms with Gasteiger partial charge in [0.1, 0.15) is 5.82 Å². The van der Waals surface area contributed by atoms with Crippen LogP contribution < -0.4 is 10.6 Å². The summed E-state index contributed by atoms with van der Waals surface area (Å²) in [6, 6.07) is 0.312. The van der Waals surface area contributed by atoms with Gasteiger partial charge in [0, 0.05) is 36.6 Å². The summed E-state index contributed by atoms with van der Waals surface area (Å²) in [5, 5.41) is 1.08. The molecule has 1 saturated carbocycles. The molecule has 2 N–H and O–H groups in total. The minimum atomic E-state index is 0.312. The van der Waals surface area contributed by atoms with Gasteiger partial charge in [-0.15, -0.1) is 0 Å². The molecule has 82 valence electrons. The molecule has 0 amide bonds. The molecule has 15 heavy (non-hydrogen) atoms. The van der Waals surface area contributed by atoms with Crippen molar-refractivity contribution in [1.29, 1.82) is 0 Å². The van der Waals surface area contributed by atoms with Crippen molar-refractivity contribution in [2.45, 2.75) is 37.6 Å². The number of hydrogen-bond acceptors (Lipinski definition) is 5. The van der Waals surface area contributed by atoms with E-state index in [2.05, 4.69) is 14.3 Å². The van der Waals surface area contributed by atoms with Crippen LogP contribution in [0, 0.1) is 0 Å². The van der Waals surface area contributed by atoms with E-state index in [4.69, 9.17) is 5.73 Å². The molecule has 1 saturated heterocycles. The van der Waals surface area contributed by atoms with Gasteiger partial charge in [0.2, 0.25) is 5.13 Å². The SMILES string of the molecule is N[C@@H]1CCCN(c2nc(C3CC3)ns2)C1. The van der Waals surface area contributed by atoms with Crippen LogP contribution in [0.3, 0.4) is 0 Å². The van der Waals surface area contributed by atoms with Crippen LogP contribution in [-0.4, -0.2) is 28.5 Å². The second-order valence-electron chi connectivity index (χ2n) is 4.56. The average molecular weight is 224 g/mol. The molecular formula is C10H16N4S. The van der Waals surface area contributed by atoms with Gasteiger partial charge in [-0.2, -0.15) is 4.37 Å². The van der Waals surface area contributed by atoms with Gasteiger partial charge in [0.25, 0.3) is 0 Å². The highest BCUT2D eigenvalue weighted by Gasteiger charge is 2.29. The molecule has 1 atom stereocenters. The fraction of sp³-hybridized carbons (Fsp3) is 0.800. The molecule has 3 rings (SSSR count). The highest BCUT2D eigenvalue weighted by Crippen LogP contribution is 2.39. The summed E-state index contributed by atoms with van der Waals surface area (Å²) in [6.45, 7) is 2.03. The van der Waals surface area contributed by atoms with Crippen LogP contribution in [0.4, 0.5) is 5.13 Å². The number of hydrogen-bond donors (Lipinski definition) is 1. The van der Waals surface area contributed by atoms with E-state index in [0.717, 1.165) is 30.5 Å². The molecule has 2 heterocycles. The molecule has 1 aliphatic heterocycles. The predicted molar refractivity (Wildman–Crippen MR) is 61.3 cm³/mol. The molecule has 0 aromatic carbocycles. The van der Waals surface area contributed by atoms with E-state index in [0.29, 0.717) is 12.0 Å². The number of nitrogens with two attached hydrogens (primary N) is 1. The Morgan fingerprint density at radius 1 is 1.33 bits per heavy atom. The molecule has 0 bridgehead atoms. The smallest absolute Gasteiger partial charge is 0.205 e. The largest absolute Gasteiger partial charge is 0.345 e. The monoisotopic (exact) mass is 224 g/mol. The van der Waals surface area contributed by atoms with Crippen molar-refractivity contribution in [3.8, 4) is 0 Å². The first-order valence-corrected chi connectivity index (χ1v) is 6.44. The lowest BCUT2D eigenvalue weighted by Crippen LogP contribution is -2.42. The van der Waals surface area contributed by atoms with E-state index < -0.39 is 0 Å². The summed E-state index contributed by atoms with van der Waals surface area (Å²) in [5.74, 6) is 1.72. The van der Waals surface area contributed by atoms with Crippen molar-refractivity contribution in [3.05, 3.63) is 5.82 Å². The quantitative estimate of drug-likeness (QED) is 0.823. The van der Waals surface area contributed by atoms with Gasteiger partial charge < -0.3 is 10.6 Å². The number of rotatable bonds is 2. The van der Waals surface area contributed by atoms with E-state index in [9.17, 15) is 0 Å². The summed E-state index contributed by atoms with van der Waals surface area (Å²) in [6.07, 6.45) is 4.87. The first-order valence-electron chi connectivity index (χ1n) is 5.67. The zero-order valence-electron chi connectivity index (χ0n) is 8.72. The lowest BCUT2D eigenvalue weighted by atomic mass is 10.1. The molecule has 5 heteroatoms. The Hall–Kier alpha value is -0.680. The minimum Gasteiger partial charge on any atom is -0.345 e. The number of anilines is 1. The molecule has 1 aromatic rings. The summed E-state index contributed by atoms with van der Waals surface area (Å²) in [4.78, 5) is 6.90. The molecule has 2 aliphatic rings. The van der Waals surface area contributed by atoms with Gasteiger partial charge in [-0.05, 0) is 25.7 Å². The molecule has 1 aromatic heterocycles. The highest BCUT2D eigenvalue weighted by molar-refractivity contribution is 7.09. The van der Waals surface area contributed by atoms with Crippen LogP contribution in [0.15, 0.2) is 0 Å². The number of nitrogens with zero attached hydrogens (tertiary/aromatic N) is 3. The Morgan fingerprint density at radius 3 is 2.93 bits per heavy atom. The Labute approximate surface area is 93.7 Å². The lowest BCUT2D eigenvalue weighted by molar-refractivity contribution is 0.505. The van der Waals surface area contributed by atoms with Crippen LogP contribution in [0.5, 0.6) is 0 Å². The van der Waals surface area contributed by atoms with Gasteiger partial charge in [0.15, 0.2) is 0 Å². The van der Waals surface area contributed by atoms with E-state index in [1.807, 2.05) is 0 Å². The third-order valence-corrected chi connectivity index (χ3v) is 3.89. The molecule has 0 spiro atoms. The first kappa shape index (κ1) is 9.54. The number of aromatic nitrogens is 2. The molecule has 2 fully saturated rings. The van der Waals surface area contributed by atoms with E-state index in [1.165, 1.54) is 30.8 Å². The van der Waals surface area contributed by atoms with Gasteiger partial charge in [-0.1, -0.05) is 0 Å². The lowest BCUT2D eigenvalue weighted by Gasteiger charge is -2.29. The zero-order valence-corrected chi connectivity index (χ0v) is 9.54. The van der Waals surface area contributed by atoms with Crippen molar-refractivity contribution < 1.29 is 0 Å². The van der Waals surface area contributed by atoms with Crippen LogP contribution in [0.25, 0.3) is 0 Å². The normalized spacial score (nSPS) is 27.0. The van der Waals surface area contributed by atoms with Crippen LogP contribution >= 0.6 is 11.5 Å². The third-order valence-electron chi connectivity index (χ3n) is 3.10. The zero-order chi connectivity index (χ0) is 10.3. The summed E-state index contributed by atoms with van der Waals surface area (Å²) >= 11 is 1.54. The topological polar surface area (TPSA) is 55.0 Å². The maximum absolute atomic E-state index is 5.96. The maximum atomic E-state index is 5.96. The molecule has 0 unspecified atom stereocenters. The van der Waals surface area contributed by atoms with Gasteiger partial charge >= 0.3 is 0 Å². The van der Waals surface area contributed by atoms with E-state index >= 15 is 0 Å². The Bertz CT molecular complexity index is 347. The van der Waals surface area contributed by atoms with Crippen LogP contribution in [0.1, 0.15) is 37.4 Å². The second kappa shape index (κ2) is 3.72. The minimum absolute atomic E-state index is 0.312. The fourth-order valence-electron chi connectivity index (χ4n) is 2.05. The first-order chi connectivity index (χ1) is 7.33. The molecule has 4 nitrogen and oxygen atoms in total. The van der Waals surface area contributed by atoms with Gasteiger partial charge in [0.05, 0.1) is 0 Å². The Kier molecular flexibility index (Phi) is 2.36. The molecule has 0 radical (unpaired) electrons. The van der Waals surface area contributed by atoms with E-state index in [1.54, 1.807) is 0 Å². The summed E-state index contributed by atoms with van der Waals surface area (Å²) in [7, 11) is 0. The van der Waals surface area contributed by atoms with Gasteiger partial charge in [-0.3, -0.25) is 0 Å². The number of piperidine rings is 1.